The van der Waals surface area contributed by atoms with Gasteiger partial charge in [0.2, 0.25) is 0 Å². The van der Waals surface area contributed by atoms with Crippen molar-refractivity contribution in [3.63, 3.8) is 0 Å². The number of benzene rings is 1. The highest BCUT2D eigenvalue weighted by Crippen LogP contribution is 2.50. The normalized spacial score (nSPS) is 22.7. The summed E-state index contributed by atoms with van der Waals surface area (Å²) in [7, 11) is 0. The van der Waals surface area contributed by atoms with Crippen LogP contribution in [0, 0.1) is 5.92 Å². The van der Waals surface area contributed by atoms with Crippen molar-refractivity contribution in [2.45, 2.75) is 37.5 Å². The van der Waals surface area contributed by atoms with E-state index < -0.39 is 0 Å². The molecule has 0 unspecified atom stereocenters. The Hall–Kier alpha value is -0.760. The van der Waals surface area contributed by atoms with Crippen LogP contribution in [0.15, 0.2) is 30.3 Å². The number of thioether (sulfide) groups is 1. The summed E-state index contributed by atoms with van der Waals surface area (Å²) in [4.78, 5) is 12.6. The van der Waals surface area contributed by atoms with Crippen LogP contribution in [0.25, 0.3) is 0 Å². The molecule has 3 rings (SSSR count). The fourth-order valence-corrected chi connectivity index (χ4v) is 4.22. The van der Waals surface area contributed by atoms with Gasteiger partial charge in [0.05, 0.1) is 5.41 Å². The van der Waals surface area contributed by atoms with Crippen molar-refractivity contribution in [2.75, 3.05) is 11.5 Å². The van der Waals surface area contributed by atoms with E-state index in [9.17, 15) is 4.79 Å². The molecule has 1 saturated carbocycles. The molecule has 1 heterocycles. The van der Waals surface area contributed by atoms with E-state index in [1.54, 1.807) is 0 Å². The molecule has 1 saturated heterocycles. The molecular weight excluding hydrogens is 240 g/mol. The molecule has 1 aromatic carbocycles. The van der Waals surface area contributed by atoms with E-state index in [1.165, 1.54) is 29.9 Å². The number of carbonyl (C=O) groups excluding carboxylic acids is 1. The molecule has 2 aliphatic rings. The molecule has 0 spiro atoms. The van der Waals surface area contributed by atoms with Gasteiger partial charge in [0.25, 0.3) is 0 Å². The molecule has 0 atom stereocenters. The Morgan fingerprint density at radius 1 is 1.17 bits per heavy atom. The summed E-state index contributed by atoms with van der Waals surface area (Å²) in [5.74, 6) is 3.65. The predicted molar refractivity (Wildman–Crippen MR) is 77.0 cm³/mol. The fourth-order valence-electron chi connectivity index (χ4n) is 3.02. The lowest BCUT2D eigenvalue weighted by Crippen LogP contribution is -2.24. The molecule has 1 nitrogen and oxygen atoms in total. The van der Waals surface area contributed by atoms with Gasteiger partial charge in [-0.25, -0.2) is 0 Å². The van der Waals surface area contributed by atoms with E-state index in [0.29, 0.717) is 11.7 Å². The number of hydrogen-bond acceptors (Lipinski definition) is 2. The number of carbonyl (C=O) groups is 1. The predicted octanol–water partition coefficient (Wildman–Crippen LogP) is 3.82. The third kappa shape index (κ3) is 2.35. The minimum absolute atomic E-state index is 0.0914. The van der Waals surface area contributed by atoms with Gasteiger partial charge in [-0.15, -0.1) is 0 Å². The first-order valence-corrected chi connectivity index (χ1v) is 8.13. The van der Waals surface area contributed by atoms with Crippen molar-refractivity contribution >= 4 is 17.5 Å². The Kier molecular flexibility index (Phi) is 3.47. The molecule has 2 fully saturated rings. The molecule has 0 radical (unpaired) electrons. The van der Waals surface area contributed by atoms with Crippen molar-refractivity contribution in [2.24, 2.45) is 5.92 Å². The Morgan fingerprint density at radius 2 is 1.83 bits per heavy atom. The van der Waals surface area contributed by atoms with Gasteiger partial charge in [0.1, 0.15) is 5.78 Å². The van der Waals surface area contributed by atoms with Crippen molar-refractivity contribution in [3.05, 3.63) is 35.9 Å². The Bertz CT molecular complexity index is 416. The van der Waals surface area contributed by atoms with Gasteiger partial charge in [0.15, 0.2) is 0 Å². The highest BCUT2D eigenvalue weighted by Gasteiger charge is 2.50. The number of hydrogen-bond donors (Lipinski definition) is 0. The first-order chi connectivity index (χ1) is 8.81. The van der Waals surface area contributed by atoms with Crippen LogP contribution in [-0.4, -0.2) is 17.3 Å². The van der Waals surface area contributed by atoms with Gasteiger partial charge in [-0.2, -0.15) is 11.8 Å². The molecular formula is C16H20OS. The SMILES string of the molecule is O=C(CC1CCSCC1)C1(c2ccccc2)CC1. The van der Waals surface area contributed by atoms with E-state index in [1.807, 2.05) is 17.8 Å². The van der Waals surface area contributed by atoms with Gasteiger partial charge in [-0.3, -0.25) is 4.79 Å². The number of rotatable bonds is 4. The Balaban J connectivity index is 1.68. The van der Waals surface area contributed by atoms with Crippen LogP contribution in [0.3, 0.4) is 0 Å². The second kappa shape index (κ2) is 5.08. The summed E-state index contributed by atoms with van der Waals surface area (Å²) in [6, 6.07) is 10.4. The van der Waals surface area contributed by atoms with Crippen LogP contribution in [0.5, 0.6) is 0 Å². The molecule has 1 aromatic rings. The lowest BCUT2D eigenvalue weighted by molar-refractivity contribution is -0.122. The fraction of sp³-hybridized carbons (Fsp3) is 0.562. The monoisotopic (exact) mass is 260 g/mol. The second-order valence-electron chi connectivity index (χ2n) is 5.63. The molecule has 1 aliphatic carbocycles. The first-order valence-electron chi connectivity index (χ1n) is 6.98. The second-order valence-corrected chi connectivity index (χ2v) is 6.86. The average Bonchev–Trinajstić information content (AvgIpc) is 3.22. The summed E-state index contributed by atoms with van der Waals surface area (Å²) in [5, 5.41) is 0. The maximum absolute atomic E-state index is 12.6. The quantitative estimate of drug-likeness (QED) is 0.818. The topological polar surface area (TPSA) is 17.1 Å². The van der Waals surface area contributed by atoms with Gasteiger partial charge < -0.3 is 0 Å². The van der Waals surface area contributed by atoms with E-state index in [2.05, 4.69) is 24.3 Å². The van der Waals surface area contributed by atoms with Crippen LogP contribution in [0.2, 0.25) is 0 Å². The van der Waals surface area contributed by atoms with Crippen molar-refractivity contribution < 1.29 is 4.79 Å². The standard InChI is InChI=1S/C16H20OS/c17-15(12-13-6-10-18-11-7-13)16(8-9-16)14-4-2-1-3-5-14/h1-5,13H,6-12H2. The highest BCUT2D eigenvalue weighted by atomic mass is 32.2. The zero-order chi connectivity index (χ0) is 12.4. The van der Waals surface area contributed by atoms with Gasteiger partial charge in [0, 0.05) is 6.42 Å². The maximum Gasteiger partial charge on any atom is 0.143 e. The summed E-state index contributed by atoms with van der Waals surface area (Å²) in [5.41, 5.74) is 1.16. The molecule has 96 valence electrons. The molecule has 0 aromatic heterocycles. The average molecular weight is 260 g/mol. The molecule has 0 N–H and O–H groups in total. The van der Waals surface area contributed by atoms with E-state index in [-0.39, 0.29) is 5.41 Å². The van der Waals surface area contributed by atoms with E-state index in [4.69, 9.17) is 0 Å². The lowest BCUT2D eigenvalue weighted by Gasteiger charge is -2.23. The van der Waals surface area contributed by atoms with Crippen LogP contribution in [0.4, 0.5) is 0 Å². The summed E-state index contributed by atoms with van der Waals surface area (Å²) in [6.45, 7) is 0. The Labute approximate surface area is 113 Å². The van der Waals surface area contributed by atoms with Crippen molar-refractivity contribution in [1.82, 2.24) is 0 Å². The van der Waals surface area contributed by atoms with Gasteiger partial charge in [-0.05, 0) is 48.7 Å². The molecule has 1 aliphatic heterocycles. The van der Waals surface area contributed by atoms with Gasteiger partial charge >= 0.3 is 0 Å². The molecule has 2 heteroatoms. The van der Waals surface area contributed by atoms with E-state index in [0.717, 1.165) is 19.3 Å². The largest absolute Gasteiger partial charge is 0.299 e. The zero-order valence-corrected chi connectivity index (χ0v) is 11.5. The first kappa shape index (κ1) is 12.3. The van der Waals surface area contributed by atoms with Crippen molar-refractivity contribution in [1.29, 1.82) is 0 Å². The highest BCUT2D eigenvalue weighted by molar-refractivity contribution is 7.99. The summed E-state index contributed by atoms with van der Waals surface area (Å²) >= 11 is 2.03. The van der Waals surface area contributed by atoms with Crippen molar-refractivity contribution in [3.8, 4) is 0 Å². The Morgan fingerprint density at radius 3 is 2.44 bits per heavy atom. The maximum atomic E-state index is 12.6. The van der Waals surface area contributed by atoms with Gasteiger partial charge in [-0.1, -0.05) is 30.3 Å². The number of ketones is 1. The van der Waals surface area contributed by atoms with Crippen LogP contribution in [-0.2, 0) is 10.2 Å². The molecule has 0 amide bonds. The molecule has 0 bridgehead atoms. The lowest BCUT2D eigenvalue weighted by atomic mass is 9.84. The van der Waals surface area contributed by atoms with Crippen LogP contribution in [0.1, 0.15) is 37.7 Å². The smallest absolute Gasteiger partial charge is 0.143 e. The number of Topliss-reactive ketones (excluding diaryl/α,β-unsaturated/α-hetero) is 1. The summed E-state index contributed by atoms with van der Waals surface area (Å²) in [6.07, 6.45) is 5.42. The third-order valence-corrected chi connectivity index (χ3v) is 5.47. The molecule has 18 heavy (non-hydrogen) atoms. The minimum atomic E-state index is -0.0914. The van der Waals surface area contributed by atoms with E-state index >= 15 is 0 Å². The zero-order valence-electron chi connectivity index (χ0n) is 10.7. The van der Waals surface area contributed by atoms with Crippen LogP contribution >= 0.6 is 11.8 Å². The minimum Gasteiger partial charge on any atom is -0.299 e. The van der Waals surface area contributed by atoms with Crippen LogP contribution < -0.4 is 0 Å². The third-order valence-electron chi connectivity index (χ3n) is 4.43. The summed E-state index contributed by atoms with van der Waals surface area (Å²) < 4.78 is 0.